The highest BCUT2D eigenvalue weighted by molar-refractivity contribution is 5.89. The Balaban J connectivity index is 1.35. The van der Waals surface area contributed by atoms with E-state index in [1.54, 1.807) is 7.11 Å². The van der Waals surface area contributed by atoms with Crippen LogP contribution in [0.1, 0.15) is 42.4 Å². The fraction of sp³-hybridized carbons (Fsp3) is 0.500. The predicted octanol–water partition coefficient (Wildman–Crippen LogP) is 3.60. The number of benzene rings is 2. The highest BCUT2D eigenvalue weighted by Gasteiger charge is 2.65. The molecule has 2 aromatic carbocycles. The van der Waals surface area contributed by atoms with Crippen LogP contribution in [0, 0.1) is 5.92 Å². The molecule has 5 nitrogen and oxygen atoms in total. The van der Waals surface area contributed by atoms with Gasteiger partial charge in [-0.2, -0.15) is 0 Å². The van der Waals surface area contributed by atoms with E-state index >= 15 is 0 Å². The van der Waals surface area contributed by atoms with Gasteiger partial charge in [0.2, 0.25) is 0 Å². The lowest BCUT2D eigenvalue weighted by Crippen LogP contribution is -2.65. The number of nitrogens with one attached hydrogen (secondary N) is 1. The average molecular weight is 420 g/mol. The number of methoxy groups -OCH3 is 1. The summed E-state index contributed by atoms with van der Waals surface area (Å²) in [6, 6.07) is 12.9. The van der Waals surface area contributed by atoms with Gasteiger partial charge in [-0.05, 0) is 50.1 Å². The molecule has 31 heavy (non-hydrogen) atoms. The van der Waals surface area contributed by atoms with Gasteiger partial charge < -0.3 is 19.5 Å². The van der Waals surface area contributed by atoms with E-state index in [0.717, 1.165) is 50.1 Å². The lowest BCUT2D eigenvalue weighted by atomic mass is 9.52. The Labute approximate surface area is 183 Å². The third-order valence-corrected chi connectivity index (χ3v) is 7.92. The number of aryl methyl sites for hydroxylation is 1. The zero-order valence-electron chi connectivity index (χ0n) is 18.0. The van der Waals surface area contributed by atoms with Crippen LogP contribution >= 0.6 is 0 Å². The van der Waals surface area contributed by atoms with Gasteiger partial charge in [0.05, 0.1) is 13.7 Å². The lowest BCUT2D eigenvalue weighted by molar-refractivity contribution is -0.135. The molecule has 1 saturated heterocycles. The molecule has 5 heteroatoms. The van der Waals surface area contributed by atoms with Crippen molar-refractivity contribution >= 4 is 5.78 Å². The molecule has 1 spiro atoms. The maximum atomic E-state index is 12.9. The Hall–Kier alpha value is -2.53. The van der Waals surface area contributed by atoms with E-state index in [9.17, 15) is 4.79 Å². The molecule has 2 aliphatic carbocycles. The molecule has 162 valence electrons. The molecule has 0 unspecified atom stereocenters. The minimum Gasteiger partial charge on any atom is -0.493 e. The average Bonchev–Trinajstić information content (AvgIpc) is 3.13. The summed E-state index contributed by atoms with van der Waals surface area (Å²) in [5, 5.41) is 3.73. The Morgan fingerprint density at radius 1 is 1.23 bits per heavy atom. The molecule has 2 aliphatic heterocycles. The second-order valence-corrected chi connectivity index (χ2v) is 9.36. The minimum absolute atomic E-state index is 0.217. The number of piperidine rings is 1. The van der Waals surface area contributed by atoms with Gasteiger partial charge in [0.1, 0.15) is 5.75 Å². The van der Waals surface area contributed by atoms with E-state index in [1.165, 1.54) is 16.7 Å². The molecule has 0 aromatic heterocycles. The van der Waals surface area contributed by atoms with Crippen LogP contribution < -0.4 is 19.5 Å². The zero-order chi connectivity index (χ0) is 21.0. The standard InChI is InChI=1S/C26H29NO4/c1-29-22-15-21(30-13-5-8-16-6-3-2-4-7-16)17-14-19-18-9-10-20(28)25-26(18,11-12-27-19)23(17)24(22)31-25/h2-4,6-7,15,18-19,25,27H,5,8-14H2,1H3/t18-,19+,25-,26-/m0/s1. The van der Waals surface area contributed by atoms with Crippen LogP contribution in [0.5, 0.6) is 17.2 Å². The Kier molecular flexibility index (Phi) is 4.49. The van der Waals surface area contributed by atoms with Crippen molar-refractivity contribution in [3.8, 4) is 17.2 Å². The third kappa shape index (κ3) is 2.75. The molecule has 1 N–H and O–H groups in total. The first kappa shape index (κ1) is 19.2. The van der Waals surface area contributed by atoms with Crippen molar-refractivity contribution in [1.82, 2.24) is 5.32 Å². The highest BCUT2D eigenvalue weighted by atomic mass is 16.5. The van der Waals surface area contributed by atoms with Gasteiger partial charge >= 0.3 is 0 Å². The van der Waals surface area contributed by atoms with Crippen LogP contribution in [0.2, 0.25) is 0 Å². The molecule has 2 aromatic rings. The summed E-state index contributed by atoms with van der Waals surface area (Å²) in [5.41, 5.74) is 3.55. The van der Waals surface area contributed by atoms with E-state index in [-0.39, 0.29) is 17.3 Å². The number of carbonyl (C=O) groups is 1. The van der Waals surface area contributed by atoms with Crippen molar-refractivity contribution in [3.05, 3.63) is 53.1 Å². The molecular formula is C26H29NO4. The first-order chi connectivity index (χ1) is 15.2. The molecule has 4 aliphatic rings. The summed E-state index contributed by atoms with van der Waals surface area (Å²) < 4.78 is 18.5. The highest BCUT2D eigenvalue weighted by Crippen LogP contribution is 2.63. The topological polar surface area (TPSA) is 56.8 Å². The summed E-state index contributed by atoms with van der Waals surface area (Å²) in [6.07, 6.45) is 5.00. The third-order valence-electron chi connectivity index (χ3n) is 7.92. The smallest absolute Gasteiger partial charge is 0.174 e. The number of rotatable bonds is 6. The first-order valence-electron chi connectivity index (χ1n) is 11.6. The van der Waals surface area contributed by atoms with E-state index in [1.807, 2.05) is 12.1 Å². The van der Waals surface area contributed by atoms with Crippen molar-refractivity contribution < 1.29 is 19.0 Å². The number of ketones is 1. The number of hydrogen-bond acceptors (Lipinski definition) is 5. The number of Topliss-reactive ketones (excluding diaryl/α,β-unsaturated/α-hetero) is 1. The van der Waals surface area contributed by atoms with Crippen molar-refractivity contribution in [2.24, 2.45) is 5.92 Å². The van der Waals surface area contributed by atoms with Gasteiger partial charge in [0.25, 0.3) is 0 Å². The summed E-state index contributed by atoms with van der Waals surface area (Å²) in [5.74, 6) is 3.07. The second kappa shape index (κ2) is 7.27. The lowest BCUT2D eigenvalue weighted by Gasteiger charge is -2.54. The molecule has 4 atom stereocenters. The number of hydrogen-bond donors (Lipinski definition) is 1. The van der Waals surface area contributed by atoms with E-state index in [0.29, 0.717) is 30.7 Å². The monoisotopic (exact) mass is 419 g/mol. The summed E-state index contributed by atoms with van der Waals surface area (Å²) in [6.45, 7) is 1.58. The fourth-order valence-electron chi connectivity index (χ4n) is 6.67. The number of carbonyl (C=O) groups excluding carboxylic acids is 1. The maximum Gasteiger partial charge on any atom is 0.174 e. The molecule has 2 fully saturated rings. The van der Waals surface area contributed by atoms with E-state index in [4.69, 9.17) is 14.2 Å². The van der Waals surface area contributed by atoms with Gasteiger partial charge in [-0.3, -0.25) is 4.79 Å². The minimum atomic E-state index is -0.368. The van der Waals surface area contributed by atoms with Gasteiger partial charge in [0.15, 0.2) is 23.4 Å². The molecule has 0 radical (unpaired) electrons. The Bertz CT molecular complexity index is 1020. The van der Waals surface area contributed by atoms with E-state index < -0.39 is 0 Å². The molecular weight excluding hydrogens is 390 g/mol. The van der Waals surface area contributed by atoms with Gasteiger partial charge in [-0.15, -0.1) is 0 Å². The molecule has 6 rings (SSSR count). The summed E-state index contributed by atoms with van der Waals surface area (Å²) in [4.78, 5) is 12.9. The molecule has 0 amide bonds. The maximum absolute atomic E-state index is 12.9. The van der Waals surface area contributed by atoms with Crippen molar-refractivity contribution in [1.29, 1.82) is 0 Å². The van der Waals surface area contributed by atoms with Crippen molar-refractivity contribution in [3.63, 3.8) is 0 Å². The largest absolute Gasteiger partial charge is 0.493 e. The molecule has 2 heterocycles. The van der Waals surface area contributed by atoms with Crippen LogP contribution in [0.15, 0.2) is 36.4 Å². The van der Waals surface area contributed by atoms with Crippen LogP contribution in [-0.4, -0.2) is 38.2 Å². The van der Waals surface area contributed by atoms with Crippen LogP contribution in [0.3, 0.4) is 0 Å². The summed E-state index contributed by atoms with van der Waals surface area (Å²) >= 11 is 0. The molecule has 1 saturated carbocycles. The van der Waals surface area contributed by atoms with Crippen LogP contribution in [0.25, 0.3) is 0 Å². The number of ether oxygens (including phenoxy) is 3. The Morgan fingerprint density at radius 3 is 2.94 bits per heavy atom. The SMILES string of the molecule is COc1cc(OCCCc2ccccc2)c2c3c1O[C@H]1C(=O)CC[C@H]4[C@@H](C2)NCC[C@]314. The van der Waals surface area contributed by atoms with Crippen LogP contribution in [-0.2, 0) is 23.1 Å². The van der Waals surface area contributed by atoms with Gasteiger partial charge in [0, 0.05) is 35.1 Å². The summed E-state index contributed by atoms with van der Waals surface area (Å²) in [7, 11) is 1.67. The molecule has 2 bridgehead atoms. The normalized spacial score (nSPS) is 29.8. The second-order valence-electron chi connectivity index (χ2n) is 9.36. The van der Waals surface area contributed by atoms with Crippen molar-refractivity contribution in [2.45, 2.75) is 56.1 Å². The van der Waals surface area contributed by atoms with Crippen molar-refractivity contribution in [2.75, 3.05) is 20.3 Å². The van der Waals surface area contributed by atoms with Gasteiger partial charge in [-0.25, -0.2) is 0 Å². The van der Waals surface area contributed by atoms with Gasteiger partial charge in [-0.1, -0.05) is 30.3 Å². The quantitative estimate of drug-likeness (QED) is 0.725. The fourth-order valence-corrected chi connectivity index (χ4v) is 6.67. The van der Waals surface area contributed by atoms with Crippen LogP contribution in [0.4, 0.5) is 0 Å². The first-order valence-corrected chi connectivity index (χ1v) is 11.6. The van der Waals surface area contributed by atoms with E-state index in [2.05, 4.69) is 29.6 Å². The zero-order valence-corrected chi connectivity index (χ0v) is 18.0. The predicted molar refractivity (Wildman–Crippen MR) is 117 cm³/mol. The Morgan fingerprint density at radius 2 is 2.10 bits per heavy atom.